The molecule has 6 nitrogen and oxygen atoms in total. The fourth-order valence-corrected chi connectivity index (χ4v) is 9.99. The van der Waals surface area contributed by atoms with Gasteiger partial charge in [-0.2, -0.15) is 0 Å². The number of carbonyl (C=O) groups excluding carboxylic acids is 4. The van der Waals surface area contributed by atoms with Crippen LogP contribution in [0.2, 0.25) is 0 Å². The minimum absolute atomic E-state index is 0.0158. The molecule has 6 heteroatoms. The SMILES string of the molecule is COC(=O)C1=CC2(C)C3=CC(=O)C4C5CC(C)(C)CCC5(C(=O)OC)CCC4(C)C3(C)CCC2C(C)C1=O. The molecular weight excluding hydrogens is 480 g/mol. The second-order valence-electron chi connectivity index (χ2n) is 14.4. The van der Waals surface area contributed by atoms with Crippen LogP contribution in [0.25, 0.3) is 0 Å². The summed E-state index contributed by atoms with van der Waals surface area (Å²) in [6.07, 6.45) is 9.42. The molecule has 5 rings (SSSR count). The predicted octanol–water partition coefficient (Wildman–Crippen LogP) is 5.64. The van der Waals surface area contributed by atoms with Gasteiger partial charge in [-0.15, -0.1) is 0 Å². The molecule has 38 heavy (non-hydrogen) atoms. The number of ether oxygens (including phenoxy) is 2. The summed E-state index contributed by atoms with van der Waals surface area (Å²) in [4.78, 5) is 53.6. The zero-order valence-corrected chi connectivity index (χ0v) is 24.4. The van der Waals surface area contributed by atoms with Crippen molar-refractivity contribution in [1.82, 2.24) is 0 Å². The molecule has 8 atom stereocenters. The van der Waals surface area contributed by atoms with Crippen LogP contribution in [0.4, 0.5) is 0 Å². The van der Waals surface area contributed by atoms with Crippen LogP contribution in [0.3, 0.4) is 0 Å². The molecule has 0 heterocycles. The number of rotatable bonds is 2. The van der Waals surface area contributed by atoms with Crippen LogP contribution in [0.15, 0.2) is 23.3 Å². The van der Waals surface area contributed by atoms with Gasteiger partial charge in [0.25, 0.3) is 0 Å². The normalized spacial score (nSPS) is 45.4. The molecule has 0 spiro atoms. The average Bonchev–Trinajstić information content (AvgIpc) is 2.86. The molecule has 3 saturated carbocycles. The van der Waals surface area contributed by atoms with Crippen molar-refractivity contribution in [3.05, 3.63) is 23.3 Å². The molecule has 5 aliphatic rings. The maximum absolute atomic E-state index is 14.4. The fourth-order valence-electron chi connectivity index (χ4n) is 9.99. The van der Waals surface area contributed by atoms with Gasteiger partial charge in [-0.3, -0.25) is 14.4 Å². The number of hydrogen-bond acceptors (Lipinski definition) is 6. The van der Waals surface area contributed by atoms with Gasteiger partial charge < -0.3 is 9.47 Å². The maximum atomic E-state index is 14.4. The number of ketones is 2. The Balaban J connectivity index is 1.69. The number of methoxy groups -OCH3 is 2. The summed E-state index contributed by atoms with van der Waals surface area (Å²) in [7, 11) is 2.78. The molecule has 3 fully saturated rings. The summed E-state index contributed by atoms with van der Waals surface area (Å²) in [5, 5.41) is 0. The molecule has 8 unspecified atom stereocenters. The van der Waals surface area contributed by atoms with Crippen LogP contribution in [-0.2, 0) is 28.7 Å². The highest BCUT2D eigenvalue weighted by Gasteiger charge is 2.70. The van der Waals surface area contributed by atoms with Crippen LogP contribution in [0.5, 0.6) is 0 Å². The van der Waals surface area contributed by atoms with Crippen molar-refractivity contribution >= 4 is 23.5 Å². The van der Waals surface area contributed by atoms with Crippen molar-refractivity contribution in [2.45, 2.75) is 86.5 Å². The van der Waals surface area contributed by atoms with Crippen molar-refractivity contribution in [2.75, 3.05) is 14.2 Å². The van der Waals surface area contributed by atoms with E-state index < -0.39 is 16.8 Å². The first-order valence-electron chi connectivity index (χ1n) is 14.3. The number of esters is 2. The number of hydrogen-bond donors (Lipinski definition) is 0. The van der Waals surface area contributed by atoms with E-state index in [9.17, 15) is 19.2 Å². The van der Waals surface area contributed by atoms with E-state index in [1.54, 1.807) is 0 Å². The first-order valence-corrected chi connectivity index (χ1v) is 14.3. The highest BCUT2D eigenvalue weighted by atomic mass is 16.5. The third-order valence-electron chi connectivity index (χ3n) is 12.4. The van der Waals surface area contributed by atoms with Gasteiger partial charge in [0.1, 0.15) is 0 Å². The highest BCUT2D eigenvalue weighted by molar-refractivity contribution is 6.19. The quantitative estimate of drug-likeness (QED) is 0.343. The summed E-state index contributed by atoms with van der Waals surface area (Å²) in [6, 6.07) is 0. The lowest BCUT2D eigenvalue weighted by molar-refractivity contribution is -0.190. The Labute approximate surface area is 227 Å². The summed E-state index contributed by atoms with van der Waals surface area (Å²) in [6.45, 7) is 13.1. The highest BCUT2D eigenvalue weighted by Crippen LogP contribution is 2.73. The molecule has 208 valence electrons. The van der Waals surface area contributed by atoms with Gasteiger partial charge >= 0.3 is 11.9 Å². The van der Waals surface area contributed by atoms with Crippen LogP contribution >= 0.6 is 0 Å². The van der Waals surface area contributed by atoms with Gasteiger partial charge in [0.2, 0.25) is 0 Å². The Bertz CT molecular complexity index is 1180. The van der Waals surface area contributed by atoms with E-state index in [2.05, 4.69) is 34.6 Å². The van der Waals surface area contributed by atoms with Gasteiger partial charge in [0, 0.05) is 17.3 Å². The first-order chi connectivity index (χ1) is 17.6. The molecule has 5 aliphatic carbocycles. The van der Waals surface area contributed by atoms with Crippen molar-refractivity contribution in [1.29, 1.82) is 0 Å². The predicted molar refractivity (Wildman–Crippen MR) is 143 cm³/mol. The Hall–Kier alpha value is -2.24. The average molecular weight is 525 g/mol. The smallest absolute Gasteiger partial charge is 0.341 e. The number of carbonyl (C=O) groups is 4. The van der Waals surface area contributed by atoms with Crippen molar-refractivity contribution in [2.24, 2.45) is 50.7 Å². The van der Waals surface area contributed by atoms with Gasteiger partial charge in [0.15, 0.2) is 11.6 Å². The molecule has 0 aliphatic heterocycles. The third kappa shape index (κ3) is 3.30. The first kappa shape index (κ1) is 27.3. The van der Waals surface area contributed by atoms with E-state index in [1.807, 2.05) is 19.1 Å². The van der Waals surface area contributed by atoms with Crippen LogP contribution in [-0.4, -0.2) is 37.7 Å². The van der Waals surface area contributed by atoms with E-state index in [0.29, 0.717) is 0 Å². The molecule has 0 aromatic heterocycles. The number of Topliss-reactive ketones (excluding diaryl/α,β-unsaturated/α-hetero) is 1. The van der Waals surface area contributed by atoms with E-state index in [0.717, 1.165) is 50.5 Å². The molecular formula is C32H44O6. The minimum atomic E-state index is -0.614. The summed E-state index contributed by atoms with van der Waals surface area (Å²) >= 11 is 0. The van der Waals surface area contributed by atoms with Gasteiger partial charge in [-0.25, -0.2) is 4.79 Å². The fraction of sp³-hybridized carbons (Fsp3) is 0.750. The maximum Gasteiger partial charge on any atom is 0.341 e. The lowest BCUT2D eigenvalue weighted by atomic mass is 9.35. The lowest BCUT2D eigenvalue weighted by Crippen LogP contribution is -2.65. The third-order valence-corrected chi connectivity index (χ3v) is 12.4. The molecule has 0 radical (unpaired) electrons. The van der Waals surface area contributed by atoms with Crippen LogP contribution in [0.1, 0.15) is 86.5 Å². The Morgan fingerprint density at radius 1 is 0.895 bits per heavy atom. The van der Waals surface area contributed by atoms with E-state index in [4.69, 9.17) is 9.47 Å². The molecule has 0 aromatic rings. The van der Waals surface area contributed by atoms with Crippen molar-refractivity contribution < 1.29 is 28.7 Å². The van der Waals surface area contributed by atoms with Crippen LogP contribution in [0, 0.1) is 50.7 Å². The second kappa shape index (κ2) is 8.38. The summed E-state index contributed by atoms with van der Waals surface area (Å²) < 4.78 is 10.4. The lowest BCUT2D eigenvalue weighted by Gasteiger charge is -2.68. The molecule has 0 bridgehead atoms. The van der Waals surface area contributed by atoms with E-state index in [-0.39, 0.29) is 63.0 Å². The Kier molecular flexibility index (Phi) is 6.03. The zero-order chi connectivity index (χ0) is 28.1. The Morgan fingerprint density at radius 3 is 2.18 bits per heavy atom. The molecule has 0 aromatic carbocycles. The zero-order valence-electron chi connectivity index (χ0n) is 24.4. The largest absolute Gasteiger partial charge is 0.469 e. The van der Waals surface area contributed by atoms with Crippen molar-refractivity contribution in [3.63, 3.8) is 0 Å². The topological polar surface area (TPSA) is 86.7 Å². The Morgan fingerprint density at radius 2 is 1.55 bits per heavy atom. The van der Waals surface area contributed by atoms with Crippen molar-refractivity contribution in [3.8, 4) is 0 Å². The monoisotopic (exact) mass is 524 g/mol. The second-order valence-corrected chi connectivity index (χ2v) is 14.4. The minimum Gasteiger partial charge on any atom is -0.469 e. The molecule has 0 amide bonds. The molecule has 0 saturated heterocycles. The number of allylic oxidation sites excluding steroid dienone is 3. The van der Waals surface area contributed by atoms with Crippen LogP contribution < -0.4 is 0 Å². The standard InChI is InChI=1S/C32H44O6/c1-18-20-9-10-30(5)23(29(20,4)16-19(25(18)34)26(35)37-7)15-22(33)24-21-17-28(2,3)11-13-32(21,27(36)38-8)14-12-31(24,30)6/h15-16,18,20-21,24H,9-14,17H2,1-8H3. The number of fused-ring (bicyclic) bond motifs is 7. The van der Waals surface area contributed by atoms with Gasteiger partial charge in [-0.05, 0) is 79.1 Å². The molecule has 0 N–H and O–H groups in total. The summed E-state index contributed by atoms with van der Waals surface area (Å²) in [5.74, 6) is -1.49. The van der Waals surface area contributed by atoms with Gasteiger partial charge in [-0.1, -0.05) is 53.2 Å². The van der Waals surface area contributed by atoms with E-state index >= 15 is 0 Å². The van der Waals surface area contributed by atoms with Gasteiger partial charge in [0.05, 0.1) is 25.2 Å². The van der Waals surface area contributed by atoms with E-state index in [1.165, 1.54) is 14.2 Å². The summed E-state index contributed by atoms with van der Waals surface area (Å²) in [5.41, 5.74) is -0.669.